The van der Waals surface area contributed by atoms with Crippen molar-refractivity contribution in [2.75, 3.05) is 69.3 Å². The van der Waals surface area contributed by atoms with Crippen LogP contribution in [0.5, 0.6) is 0 Å². The Morgan fingerprint density at radius 1 is 0.400 bits per heavy atom. The van der Waals surface area contributed by atoms with E-state index in [1.54, 1.807) is 27.7 Å². The van der Waals surface area contributed by atoms with Gasteiger partial charge >= 0.3 is 41.8 Å². The Morgan fingerprint density at radius 2 is 0.600 bits per heavy atom. The fraction of sp³-hybridized carbons (Fsp3) is 0.794. The molecule has 0 N–H and O–H groups in total. The van der Waals surface area contributed by atoms with Crippen LogP contribution in [-0.4, -0.2) is 127 Å². The van der Waals surface area contributed by atoms with Crippen LogP contribution in [-0.2, 0) is 66.7 Å². The third kappa shape index (κ3) is 32.4. The van der Waals surface area contributed by atoms with Gasteiger partial charge in [0.2, 0.25) is 0 Å². The van der Waals surface area contributed by atoms with Crippen LogP contribution in [0, 0.1) is 10.8 Å². The molecule has 3 unspecified atom stereocenters. The van der Waals surface area contributed by atoms with Gasteiger partial charge in [-0.25, -0.2) is 0 Å². The number of carbonyl (C=O) groups is 7. The molecule has 0 aliphatic heterocycles. The lowest BCUT2D eigenvalue weighted by Crippen LogP contribution is -2.44. The molecule has 320 valence electrons. The fourth-order valence-corrected chi connectivity index (χ4v) is 4.81. The van der Waals surface area contributed by atoms with Gasteiger partial charge in [0.1, 0.15) is 51.7 Å². The molecular weight excluding hydrogens is 857 g/mol. The van der Waals surface area contributed by atoms with E-state index in [-0.39, 0.29) is 130 Å². The zero-order valence-electron chi connectivity index (χ0n) is 31.8. The van der Waals surface area contributed by atoms with E-state index in [2.05, 4.69) is 88.4 Å². The molecule has 0 saturated carbocycles. The quantitative estimate of drug-likeness (QED) is 0.0337. The molecule has 0 aliphatic rings. The van der Waals surface area contributed by atoms with Gasteiger partial charge in [-0.1, -0.05) is 20.8 Å². The lowest BCUT2D eigenvalue weighted by atomic mass is 9.92. The normalized spacial score (nSPS) is 13.7. The standard InChI is InChI=1S/C17H28O8S4.C17H30O6S3/c18-13(1-5-26)22-9-17(10-23-14(19)2-6-27,11-24-15(20)3-7-28)12-25-16(21)4-8-29;1-11(24)5-14(18)21-8-17(4,9-22-15(19)6-12(2)25)10-23-16(20)7-13(3)26/h26-29H,1-12H2;11-13,24-26H,5-10H2,1-4H3. The molecule has 0 heterocycles. The maximum atomic E-state index is 11.8. The van der Waals surface area contributed by atoms with Crippen LogP contribution in [0.3, 0.4) is 0 Å². The van der Waals surface area contributed by atoms with Crippen molar-refractivity contribution in [3.8, 4) is 0 Å². The van der Waals surface area contributed by atoms with Gasteiger partial charge in [-0.05, 0) is 6.92 Å². The van der Waals surface area contributed by atoms with Gasteiger partial charge in [-0.2, -0.15) is 88.4 Å². The fourth-order valence-electron chi connectivity index (χ4n) is 3.63. The zero-order chi connectivity index (χ0) is 42.5. The molecule has 0 aromatic carbocycles. The van der Waals surface area contributed by atoms with Crippen molar-refractivity contribution in [3.63, 3.8) is 0 Å². The molecule has 0 fully saturated rings. The molecule has 55 heavy (non-hydrogen) atoms. The van der Waals surface area contributed by atoms with Crippen molar-refractivity contribution in [3.05, 3.63) is 0 Å². The van der Waals surface area contributed by atoms with Gasteiger partial charge in [0.25, 0.3) is 0 Å². The van der Waals surface area contributed by atoms with Gasteiger partial charge in [-0.3, -0.25) is 33.6 Å². The molecule has 14 nitrogen and oxygen atoms in total. The maximum Gasteiger partial charge on any atom is 0.306 e. The Balaban J connectivity index is 0. The number of hydrogen-bond donors (Lipinski definition) is 7. The summed E-state index contributed by atoms with van der Waals surface area (Å²) in [6.45, 7) is 5.82. The topological polar surface area (TPSA) is 184 Å². The molecule has 0 rings (SSSR count). The number of carbonyl (C=O) groups excluding carboxylic acids is 7. The van der Waals surface area contributed by atoms with E-state index in [1.165, 1.54) is 0 Å². The van der Waals surface area contributed by atoms with E-state index in [0.29, 0.717) is 0 Å². The Morgan fingerprint density at radius 3 is 0.782 bits per heavy atom. The second-order valence-corrected chi connectivity index (χ2v) is 17.4. The molecule has 0 aromatic rings. The lowest BCUT2D eigenvalue weighted by Gasteiger charge is -2.31. The number of rotatable bonds is 28. The number of ether oxygens (including phenoxy) is 7. The highest BCUT2D eigenvalue weighted by Crippen LogP contribution is 2.23. The molecule has 0 aromatic heterocycles. The van der Waals surface area contributed by atoms with Gasteiger partial charge in [0, 0.05) is 38.8 Å². The van der Waals surface area contributed by atoms with Crippen molar-refractivity contribution >= 4 is 130 Å². The molecule has 0 saturated heterocycles. The van der Waals surface area contributed by atoms with E-state index in [0.717, 1.165) is 0 Å². The van der Waals surface area contributed by atoms with E-state index < -0.39 is 52.6 Å². The summed E-state index contributed by atoms with van der Waals surface area (Å²) in [6, 6.07) is 0. The average Bonchev–Trinajstić information content (AvgIpc) is 3.08. The second kappa shape index (κ2) is 32.7. The van der Waals surface area contributed by atoms with Crippen LogP contribution in [0.1, 0.15) is 72.6 Å². The second-order valence-electron chi connectivity index (χ2n) is 13.0. The largest absolute Gasteiger partial charge is 0.465 e. The molecule has 0 spiro atoms. The minimum atomic E-state index is -1.25. The van der Waals surface area contributed by atoms with Crippen LogP contribution in [0.4, 0.5) is 0 Å². The van der Waals surface area contributed by atoms with Crippen LogP contribution >= 0.6 is 88.4 Å². The molecule has 0 amide bonds. The smallest absolute Gasteiger partial charge is 0.306 e. The Kier molecular flexibility index (Phi) is 33.2. The molecular formula is C34H58O14S7. The third-order valence-corrected chi connectivity index (χ3v) is 7.99. The first-order valence-electron chi connectivity index (χ1n) is 17.3. The molecule has 0 bridgehead atoms. The summed E-state index contributed by atoms with van der Waals surface area (Å²) in [7, 11) is 0. The molecule has 3 atom stereocenters. The van der Waals surface area contributed by atoms with Crippen molar-refractivity contribution in [2.24, 2.45) is 10.8 Å². The van der Waals surface area contributed by atoms with Crippen molar-refractivity contribution in [1.29, 1.82) is 0 Å². The van der Waals surface area contributed by atoms with Crippen molar-refractivity contribution in [2.45, 2.75) is 88.4 Å². The van der Waals surface area contributed by atoms with Crippen molar-refractivity contribution in [1.82, 2.24) is 0 Å². The Hall–Kier alpha value is -1.26. The Labute approximate surface area is 363 Å². The zero-order valence-corrected chi connectivity index (χ0v) is 38.1. The predicted molar refractivity (Wildman–Crippen MR) is 230 cm³/mol. The first kappa shape index (κ1) is 55.8. The van der Waals surface area contributed by atoms with Crippen LogP contribution in [0.25, 0.3) is 0 Å². The molecule has 0 radical (unpaired) electrons. The summed E-state index contributed by atoms with van der Waals surface area (Å²) in [6.07, 6.45) is 0.747. The Bertz CT molecular complexity index is 1010. The monoisotopic (exact) mass is 914 g/mol. The SMILES string of the molecule is CC(S)CC(=O)OCC(C)(COC(=O)CC(C)S)COC(=O)CC(C)S.O=C(CCS)OCC(COC(=O)CCS)(COC(=O)CCS)COC(=O)CCS. The van der Waals surface area contributed by atoms with Gasteiger partial charge in [-0.15, -0.1) is 0 Å². The van der Waals surface area contributed by atoms with Crippen LogP contribution in [0.2, 0.25) is 0 Å². The maximum absolute atomic E-state index is 11.8. The molecule has 0 aliphatic carbocycles. The van der Waals surface area contributed by atoms with E-state index in [1.807, 2.05) is 0 Å². The summed E-state index contributed by atoms with van der Waals surface area (Å²) in [5.74, 6) is -2.22. The first-order valence-corrected chi connectivity index (χ1v) is 21.4. The highest BCUT2D eigenvalue weighted by Gasteiger charge is 2.38. The summed E-state index contributed by atoms with van der Waals surface area (Å²) in [5, 5.41) is -0.380. The van der Waals surface area contributed by atoms with Crippen molar-refractivity contribution < 1.29 is 66.7 Å². The molecule has 21 heteroatoms. The van der Waals surface area contributed by atoms with Gasteiger partial charge < -0.3 is 33.2 Å². The predicted octanol–water partition coefficient (Wildman–Crippen LogP) is 4.17. The van der Waals surface area contributed by atoms with E-state index in [9.17, 15) is 33.6 Å². The number of thiol groups is 7. The highest BCUT2D eigenvalue weighted by atomic mass is 32.1. The van der Waals surface area contributed by atoms with E-state index in [4.69, 9.17) is 33.2 Å². The number of hydrogen-bond acceptors (Lipinski definition) is 21. The first-order chi connectivity index (χ1) is 25.7. The van der Waals surface area contributed by atoms with Crippen LogP contribution in [0.15, 0.2) is 0 Å². The number of esters is 7. The van der Waals surface area contributed by atoms with Gasteiger partial charge in [0.05, 0.1) is 50.4 Å². The average molecular weight is 915 g/mol. The summed E-state index contributed by atoms with van der Waals surface area (Å²) < 4.78 is 36.6. The van der Waals surface area contributed by atoms with Gasteiger partial charge in [0.15, 0.2) is 0 Å². The lowest BCUT2D eigenvalue weighted by molar-refractivity contribution is -0.170. The summed E-state index contributed by atoms with van der Waals surface area (Å²) >= 11 is 28.3. The van der Waals surface area contributed by atoms with Crippen LogP contribution < -0.4 is 0 Å². The highest BCUT2D eigenvalue weighted by molar-refractivity contribution is 7.81. The minimum Gasteiger partial charge on any atom is -0.465 e. The summed E-state index contributed by atoms with van der Waals surface area (Å²) in [4.78, 5) is 82.4. The summed E-state index contributed by atoms with van der Waals surface area (Å²) in [5.41, 5.74) is -2.10. The minimum absolute atomic E-state index is 0.0419. The van der Waals surface area contributed by atoms with E-state index >= 15 is 0 Å². The third-order valence-electron chi connectivity index (χ3n) is 6.55.